The number of fused-ring (bicyclic) bond motifs is 1. The van der Waals surface area contributed by atoms with Gasteiger partial charge in [0.15, 0.2) is 23.0 Å². The van der Waals surface area contributed by atoms with Crippen LogP contribution in [0.15, 0.2) is 30.3 Å². The first-order chi connectivity index (χ1) is 16.1. The molecule has 0 saturated heterocycles. The molecular formula is C28H39NO5. The highest BCUT2D eigenvalue weighted by Crippen LogP contribution is 2.43. The molecule has 1 aliphatic rings. The second kappa shape index (κ2) is 10.6. The molecular weight excluding hydrogens is 430 g/mol. The van der Waals surface area contributed by atoms with Crippen LogP contribution in [-0.2, 0) is 11.2 Å². The van der Waals surface area contributed by atoms with Gasteiger partial charge in [-0.15, -0.1) is 0 Å². The van der Waals surface area contributed by atoms with Gasteiger partial charge >= 0.3 is 0 Å². The summed E-state index contributed by atoms with van der Waals surface area (Å²) in [6.07, 6.45) is 2.28. The number of methoxy groups -OCH3 is 4. The van der Waals surface area contributed by atoms with Gasteiger partial charge < -0.3 is 23.8 Å². The molecule has 0 N–H and O–H groups in total. The summed E-state index contributed by atoms with van der Waals surface area (Å²) in [4.78, 5) is 15.7. The summed E-state index contributed by atoms with van der Waals surface area (Å²) in [6.45, 7) is 9.47. The summed E-state index contributed by atoms with van der Waals surface area (Å²) in [7, 11) is 6.53. The van der Waals surface area contributed by atoms with Crippen molar-refractivity contribution in [3.63, 3.8) is 0 Å². The zero-order valence-corrected chi connectivity index (χ0v) is 21.9. The van der Waals surface area contributed by atoms with Crippen LogP contribution in [0, 0.1) is 11.3 Å². The number of carbonyl (C=O) groups excluding carboxylic acids is 1. The third-order valence-electron chi connectivity index (χ3n) is 6.40. The van der Waals surface area contributed by atoms with Crippen LogP contribution in [0.25, 0.3) is 0 Å². The van der Waals surface area contributed by atoms with E-state index in [1.165, 1.54) is 0 Å². The predicted molar refractivity (Wildman–Crippen MR) is 134 cm³/mol. The molecule has 3 rings (SSSR count). The molecule has 1 amide bonds. The molecule has 0 aromatic heterocycles. The van der Waals surface area contributed by atoms with Gasteiger partial charge in [-0.1, -0.05) is 33.8 Å². The summed E-state index contributed by atoms with van der Waals surface area (Å²) in [6, 6.07) is 9.66. The Kier molecular flexibility index (Phi) is 8.01. The Morgan fingerprint density at radius 2 is 1.53 bits per heavy atom. The van der Waals surface area contributed by atoms with Gasteiger partial charge in [-0.3, -0.25) is 4.79 Å². The Labute approximate surface area is 204 Å². The number of ether oxygens (including phenoxy) is 4. The molecule has 1 aliphatic heterocycles. The molecule has 0 fully saturated rings. The lowest BCUT2D eigenvalue weighted by atomic mass is 9.83. The predicted octanol–water partition coefficient (Wildman–Crippen LogP) is 5.66. The topological polar surface area (TPSA) is 57.2 Å². The molecule has 0 unspecified atom stereocenters. The quantitative estimate of drug-likeness (QED) is 0.499. The van der Waals surface area contributed by atoms with Crippen LogP contribution in [0.4, 0.5) is 0 Å². The van der Waals surface area contributed by atoms with E-state index in [2.05, 4.69) is 27.7 Å². The Hall–Kier alpha value is -2.89. The highest BCUT2D eigenvalue weighted by Gasteiger charge is 2.34. The zero-order chi connectivity index (χ0) is 25.0. The van der Waals surface area contributed by atoms with Crippen molar-refractivity contribution in [2.24, 2.45) is 11.3 Å². The van der Waals surface area contributed by atoms with Crippen molar-refractivity contribution in [1.82, 2.24) is 4.90 Å². The van der Waals surface area contributed by atoms with Crippen molar-refractivity contribution in [2.75, 3.05) is 35.0 Å². The van der Waals surface area contributed by atoms with E-state index >= 15 is 0 Å². The highest BCUT2D eigenvalue weighted by molar-refractivity contribution is 5.78. The van der Waals surface area contributed by atoms with E-state index in [9.17, 15) is 4.79 Å². The molecule has 0 saturated carbocycles. The maximum absolute atomic E-state index is 13.7. The van der Waals surface area contributed by atoms with E-state index in [1.54, 1.807) is 28.4 Å². The van der Waals surface area contributed by atoms with Gasteiger partial charge in [-0.05, 0) is 65.1 Å². The van der Waals surface area contributed by atoms with Crippen LogP contribution in [0.5, 0.6) is 23.0 Å². The fourth-order valence-corrected chi connectivity index (χ4v) is 5.13. The Bertz CT molecular complexity index is 1010. The number of rotatable bonds is 8. The maximum Gasteiger partial charge on any atom is 0.223 e. The highest BCUT2D eigenvalue weighted by atomic mass is 16.5. The van der Waals surface area contributed by atoms with Gasteiger partial charge in [0.1, 0.15) is 0 Å². The Morgan fingerprint density at radius 3 is 2.12 bits per heavy atom. The van der Waals surface area contributed by atoms with Crippen molar-refractivity contribution < 1.29 is 23.7 Å². The molecule has 0 aliphatic carbocycles. The first-order valence-corrected chi connectivity index (χ1v) is 11.9. The first kappa shape index (κ1) is 25.7. The van der Waals surface area contributed by atoms with Crippen LogP contribution in [-0.4, -0.2) is 45.8 Å². The molecule has 186 valence electrons. The second-order valence-corrected chi connectivity index (χ2v) is 10.3. The van der Waals surface area contributed by atoms with Crippen LogP contribution >= 0.6 is 0 Å². The SMILES string of the molecule is COc1ccc([C@@H]2c3cc(OC)c(OC)cc3CCN2C(=O)C[C@H](C)CC(C)(C)C)cc1OC. The van der Waals surface area contributed by atoms with Crippen LogP contribution in [0.2, 0.25) is 0 Å². The summed E-state index contributed by atoms with van der Waals surface area (Å²) in [5.41, 5.74) is 3.36. The minimum absolute atomic E-state index is 0.164. The lowest BCUT2D eigenvalue weighted by Gasteiger charge is -2.39. The fourth-order valence-electron chi connectivity index (χ4n) is 5.13. The number of nitrogens with zero attached hydrogens (tertiary/aromatic N) is 1. The molecule has 2 aromatic rings. The Balaban J connectivity index is 2.07. The standard InChI is InChI=1S/C28H39NO5/c1-18(17-28(2,3)4)13-26(30)29-12-11-19-14-24(33-7)25(34-8)16-21(19)27(29)20-9-10-22(31-5)23(15-20)32-6/h9-10,14-16,18,27H,11-13,17H2,1-8H3/t18-,27+/m0/s1. The average molecular weight is 470 g/mol. The van der Waals surface area contributed by atoms with Crippen molar-refractivity contribution in [1.29, 1.82) is 0 Å². The molecule has 6 nitrogen and oxygen atoms in total. The number of benzene rings is 2. The van der Waals surface area contributed by atoms with Gasteiger partial charge in [0, 0.05) is 13.0 Å². The number of amides is 1. The van der Waals surface area contributed by atoms with Crippen LogP contribution in [0.1, 0.15) is 63.3 Å². The van der Waals surface area contributed by atoms with Gasteiger partial charge in [0.05, 0.1) is 34.5 Å². The Morgan fingerprint density at radius 1 is 0.941 bits per heavy atom. The summed E-state index contributed by atoms with van der Waals surface area (Å²) >= 11 is 0. The van der Waals surface area contributed by atoms with E-state index in [-0.39, 0.29) is 17.4 Å². The normalized spacial score (nSPS) is 16.5. The third kappa shape index (κ3) is 5.60. The molecule has 2 atom stereocenters. The molecule has 0 spiro atoms. The lowest BCUT2D eigenvalue weighted by Crippen LogP contribution is -2.41. The number of carbonyl (C=O) groups is 1. The molecule has 0 bridgehead atoms. The molecule has 1 heterocycles. The monoisotopic (exact) mass is 469 g/mol. The smallest absolute Gasteiger partial charge is 0.223 e. The zero-order valence-electron chi connectivity index (χ0n) is 21.9. The summed E-state index contributed by atoms with van der Waals surface area (Å²) in [5.74, 6) is 3.11. The van der Waals surface area contributed by atoms with E-state index < -0.39 is 0 Å². The van der Waals surface area contributed by atoms with Crippen LogP contribution < -0.4 is 18.9 Å². The van der Waals surface area contributed by atoms with E-state index in [0.717, 1.165) is 29.5 Å². The van der Waals surface area contributed by atoms with Crippen molar-refractivity contribution >= 4 is 5.91 Å². The summed E-state index contributed by atoms with van der Waals surface area (Å²) in [5, 5.41) is 0. The maximum atomic E-state index is 13.7. The van der Waals surface area contributed by atoms with E-state index in [4.69, 9.17) is 18.9 Å². The minimum atomic E-state index is -0.252. The molecule has 0 radical (unpaired) electrons. The van der Waals surface area contributed by atoms with Gasteiger partial charge in [0.2, 0.25) is 5.91 Å². The largest absolute Gasteiger partial charge is 0.493 e. The van der Waals surface area contributed by atoms with Crippen molar-refractivity contribution in [3.05, 3.63) is 47.0 Å². The van der Waals surface area contributed by atoms with Crippen molar-refractivity contribution in [3.8, 4) is 23.0 Å². The second-order valence-electron chi connectivity index (χ2n) is 10.3. The molecule has 2 aromatic carbocycles. The fraction of sp³-hybridized carbons (Fsp3) is 0.536. The number of hydrogen-bond donors (Lipinski definition) is 0. The lowest BCUT2D eigenvalue weighted by molar-refractivity contribution is -0.134. The molecule has 6 heteroatoms. The first-order valence-electron chi connectivity index (χ1n) is 11.9. The summed E-state index contributed by atoms with van der Waals surface area (Å²) < 4.78 is 22.2. The van der Waals surface area contributed by atoms with Crippen molar-refractivity contribution in [2.45, 2.75) is 53.0 Å². The number of hydrogen-bond acceptors (Lipinski definition) is 5. The van der Waals surface area contributed by atoms with Gasteiger partial charge in [-0.25, -0.2) is 0 Å². The van der Waals surface area contributed by atoms with Crippen LogP contribution in [0.3, 0.4) is 0 Å². The minimum Gasteiger partial charge on any atom is -0.493 e. The third-order valence-corrected chi connectivity index (χ3v) is 6.40. The van der Waals surface area contributed by atoms with Gasteiger partial charge in [-0.2, -0.15) is 0 Å². The van der Waals surface area contributed by atoms with Gasteiger partial charge in [0.25, 0.3) is 0 Å². The van der Waals surface area contributed by atoms with E-state index in [1.807, 2.05) is 35.2 Å². The van der Waals surface area contributed by atoms with E-state index in [0.29, 0.717) is 41.9 Å². The average Bonchev–Trinajstić information content (AvgIpc) is 2.80. The molecule has 34 heavy (non-hydrogen) atoms.